The number of nitrogens with zero attached hydrogens (tertiary/aromatic N) is 1. The molecular formula is C12H15N3O. The number of nitrogens with one attached hydrogen (secondary N) is 1. The number of nitriles is 1. The van der Waals surface area contributed by atoms with Crippen molar-refractivity contribution in [2.45, 2.75) is 25.9 Å². The molecule has 1 rings (SSSR count). The van der Waals surface area contributed by atoms with E-state index in [1.165, 1.54) is 0 Å². The molecule has 0 heterocycles. The first-order valence-corrected chi connectivity index (χ1v) is 5.19. The quantitative estimate of drug-likeness (QED) is 0.769. The summed E-state index contributed by atoms with van der Waals surface area (Å²) in [6, 6.07) is 9.02. The summed E-state index contributed by atoms with van der Waals surface area (Å²) in [5.41, 5.74) is 6.80. The lowest BCUT2D eigenvalue weighted by Gasteiger charge is -2.12. The summed E-state index contributed by atoms with van der Waals surface area (Å²) in [6.45, 7) is 2.44. The average molecular weight is 217 g/mol. The number of benzene rings is 1. The maximum Gasteiger partial charge on any atom is 0.234 e. The van der Waals surface area contributed by atoms with E-state index in [-0.39, 0.29) is 11.9 Å². The summed E-state index contributed by atoms with van der Waals surface area (Å²) < 4.78 is 0. The first kappa shape index (κ1) is 12.2. The molecule has 0 aliphatic carbocycles. The van der Waals surface area contributed by atoms with E-state index < -0.39 is 0 Å². The first-order chi connectivity index (χ1) is 7.67. The van der Waals surface area contributed by atoms with Crippen LogP contribution in [0.1, 0.15) is 24.5 Å². The predicted molar refractivity (Wildman–Crippen MR) is 61.3 cm³/mol. The Morgan fingerprint density at radius 2 is 2.38 bits per heavy atom. The van der Waals surface area contributed by atoms with Gasteiger partial charge >= 0.3 is 0 Å². The highest BCUT2D eigenvalue weighted by Crippen LogP contribution is 2.04. The monoisotopic (exact) mass is 217 g/mol. The number of primary amides is 1. The molecule has 3 N–H and O–H groups in total. The molecule has 0 aliphatic heterocycles. The normalized spacial score (nSPS) is 11.8. The van der Waals surface area contributed by atoms with Crippen molar-refractivity contribution in [3.05, 3.63) is 35.4 Å². The molecule has 1 aromatic carbocycles. The molecule has 0 aliphatic rings. The summed E-state index contributed by atoms with van der Waals surface area (Å²) in [7, 11) is 0. The number of nitrogens with two attached hydrogens (primary N) is 1. The van der Waals surface area contributed by atoms with Gasteiger partial charge in [0, 0.05) is 6.54 Å². The van der Waals surface area contributed by atoms with E-state index in [4.69, 9.17) is 11.0 Å². The van der Waals surface area contributed by atoms with Gasteiger partial charge in [0.15, 0.2) is 0 Å². The fourth-order valence-corrected chi connectivity index (χ4v) is 1.44. The van der Waals surface area contributed by atoms with Crippen LogP contribution < -0.4 is 11.1 Å². The predicted octanol–water partition coefficient (Wildman–Crippen LogP) is 0.912. The topological polar surface area (TPSA) is 78.9 Å². The number of carbonyl (C=O) groups is 1. The van der Waals surface area contributed by atoms with Crippen LogP contribution in [0.5, 0.6) is 0 Å². The summed E-state index contributed by atoms with van der Waals surface area (Å²) in [5.74, 6) is -0.348. The Hall–Kier alpha value is -1.86. The van der Waals surface area contributed by atoms with Crippen LogP contribution in [-0.2, 0) is 11.3 Å². The number of hydrogen-bond acceptors (Lipinski definition) is 3. The average Bonchev–Trinajstić information content (AvgIpc) is 2.29. The van der Waals surface area contributed by atoms with Crippen LogP contribution in [0, 0.1) is 11.3 Å². The Morgan fingerprint density at radius 3 is 2.94 bits per heavy atom. The Morgan fingerprint density at radius 1 is 1.62 bits per heavy atom. The molecule has 0 aromatic heterocycles. The summed E-state index contributed by atoms with van der Waals surface area (Å²) in [6.07, 6.45) is 0.660. The number of hydrogen-bond donors (Lipinski definition) is 2. The summed E-state index contributed by atoms with van der Waals surface area (Å²) >= 11 is 0. The van der Waals surface area contributed by atoms with Crippen LogP contribution in [0.2, 0.25) is 0 Å². The van der Waals surface area contributed by atoms with Crippen molar-refractivity contribution in [2.24, 2.45) is 5.73 Å². The lowest BCUT2D eigenvalue weighted by Crippen LogP contribution is -2.40. The Balaban J connectivity index is 2.60. The van der Waals surface area contributed by atoms with Gasteiger partial charge in [0.2, 0.25) is 5.91 Å². The van der Waals surface area contributed by atoms with E-state index in [0.717, 1.165) is 5.56 Å². The van der Waals surface area contributed by atoms with Gasteiger partial charge in [-0.1, -0.05) is 19.1 Å². The molecule has 0 radical (unpaired) electrons. The van der Waals surface area contributed by atoms with Gasteiger partial charge in [0.25, 0.3) is 0 Å². The van der Waals surface area contributed by atoms with E-state index in [0.29, 0.717) is 18.5 Å². The Kier molecular flexibility index (Phi) is 4.49. The van der Waals surface area contributed by atoms with Gasteiger partial charge < -0.3 is 11.1 Å². The van der Waals surface area contributed by atoms with Crippen LogP contribution in [0.4, 0.5) is 0 Å². The van der Waals surface area contributed by atoms with Crippen LogP contribution in [0.25, 0.3) is 0 Å². The second-order valence-corrected chi connectivity index (χ2v) is 3.56. The van der Waals surface area contributed by atoms with Gasteiger partial charge in [0.1, 0.15) is 0 Å². The molecule has 84 valence electrons. The molecule has 0 spiro atoms. The van der Waals surface area contributed by atoms with E-state index >= 15 is 0 Å². The van der Waals surface area contributed by atoms with E-state index in [2.05, 4.69) is 11.4 Å². The number of amides is 1. The zero-order valence-corrected chi connectivity index (χ0v) is 9.23. The summed E-state index contributed by atoms with van der Waals surface area (Å²) in [5, 5.41) is 11.8. The molecule has 4 heteroatoms. The van der Waals surface area contributed by atoms with Crippen molar-refractivity contribution in [3.63, 3.8) is 0 Å². The zero-order chi connectivity index (χ0) is 12.0. The highest BCUT2D eigenvalue weighted by atomic mass is 16.1. The molecule has 0 saturated heterocycles. The fourth-order valence-electron chi connectivity index (χ4n) is 1.44. The van der Waals surface area contributed by atoms with Gasteiger partial charge in [0.05, 0.1) is 17.7 Å². The fraction of sp³-hybridized carbons (Fsp3) is 0.333. The third-order valence-corrected chi connectivity index (χ3v) is 2.36. The Labute approximate surface area is 95.1 Å². The van der Waals surface area contributed by atoms with E-state index in [9.17, 15) is 4.79 Å². The van der Waals surface area contributed by atoms with Gasteiger partial charge in [-0.2, -0.15) is 5.26 Å². The second-order valence-electron chi connectivity index (χ2n) is 3.56. The van der Waals surface area contributed by atoms with Crippen LogP contribution >= 0.6 is 0 Å². The molecule has 4 nitrogen and oxygen atoms in total. The van der Waals surface area contributed by atoms with Crippen LogP contribution in [0.3, 0.4) is 0 Å². The van der Waals surface area contributed by atoms with Gasteiger partial charge in [-0.25, -0.2) is 0 Å². The highest BCUT2D eigenvalue weighted by molar-refractivity contribution is 5.79. The zero-order valence-electron chi connectivity index (χ0n) is 9.23. The van der Waals surface area contributed by atoms with Crippen LogP contribution in [-0.4, -0.2) is 11.9 Å². The van der Waals surface area contributed by atoms with Crippen molar-refractivity contribution >= 4 is 5.91 Å². The first-order valence-electron chi connectivity index (χ1n) is 5.19. The third kappa shape index (κ3) is 3.37. The summed E-state index contributed by atoms with van der Waals surface area (Å²) in [4.78, 5) is 11.0. The maximum absolute atomic E-state index is 11.0. The molecular weight excluding hydrogens is 202 g/mol. The second kappa shape index (κ2) is 5.89. The minimum Gasteiger partial charge on any atom is -0.368 e. The SMILES string of the molecule is CCC(NCc1cccc(C#N)c1)C(N)=O. The molecule has 1 aromatic rings. The lowest BCUT2D eigenvalue weighted by atomic mass is 10.1. The van der Waals surface area contributed by atoms with Crippen LogP contribution in [0.15, 0.2) is 24.3 Å². The van der Waals surface area contributed by atoms with Gasteiger partial charge in [-0.05, 0) is 24.1 Å². The molecule has 1 unspecified atom stereocenters. The van der Waals surface area contributed by atoms with Crippen molar-refractivity contribution in [1.29, 1.82) is 5.26 Å². The number of carbonyl (C=O) groups excluding carboxylic acids is 1. The van der Waals surface area contributed by atoms with Crippen molar-refractivity contribution in [2.75, 3.05) is 0 Å². The molecule has 1 atom stereocenters. The van der Waals surface area contributed by atoms with Gasteiger partial charge in [-0.3, -0.25) is 4.79 Å². The molecule has 0 fully saturated rings. The van der Waals surface area contributed by atoms with Crippen molar-refractivity contribution in [3.8, 4) is 6.07 Å². The van der Waals surface area contributed by atoms with E-state index in [1.54, 1.807) is 12.1 Å². The Bertz CT molecular complexity index is 409. The highest BCUT2D eigenvalue weighted by Gasteiger charge is 2.11. The van der Waals surface area contributed by atoms with Crippen molar-refractivity contribution < 1.29 is 4.79 Å². The largest absolute Gasteiger partial charge is 0.368 e. The smallest absolute Gasteiger partial charge is 0.234 e. The minimum atomic E-state index is -0.348. The molecule has 0 saturated carbocycles. The van der Waals surface area contributed by atoms with Gasteiger partial charge in [-0.15, -0.1) is 0 Å². The molecule has 1 amide bonds. The lowest BCUT2D eigenvalue weighted by molar-refractivity contribution is -0.120. The van der Waals surface area contributed by atoms with E-state index in [1.807, 2.05) is 19.1 Å². The standard InChI is InChI=1S/C12H15N3O/c1-2-11(12(14)16)15-8-10-5-3-4-9(6-10)7-13/h3-6,11,15H,2,8H2,1H3,(H2,14,16). The number of rotatable bonds is 5. The van der Waals surface area contributed by atoms with Crippen molar-refractivity contribution in [1.82, 2.24) is 5.32 Å². The third-order valence-electron chi connectivity index (χ3n) is 2.36. The molecule has 16 heavy (non-hydrogen) atoms. The minimum absolute atomic E-state index is 0.314. The molecule has 0 bridgehead atoms. The maximum atomic E-state index is 11.0.